The van der Waals surface area contributed by atoms with Gasteiger partial charge < -0.3 is 14.0 Å². The highest BCUT2D eigenvalue weighted by Crippen LogP contribution is 2.26. The molecule has 0 unspecified atom stereocenters. The first kappa shape index (κ1) is 16.0. The fourth-order valence-electron chi connectivity index (χ4n) is 2.71. The predicted molar refractivity (Wildman–Crippen MR) is 85.0 cm³/mol. The molecule has 6 nitrogen and oxygen atoms in total. The van der Waals surface area contributed by atoms with Crippen LogP contribution in [0.15, 0.2) is 12.1 Å². The maximum Gasteiger partial charge on any atom is 0.337 e. The summed E-state index contributed by atoms with van der Waals surface area (Å²) in [5, 5.41) is 0. The first-order valence-electron chi connectivity index (χ1n) is 7.35. The van der Waals surface area contributed by atoms with Crippen molar-refractivity contribution >= 4 is 34.4 Å². The number of Topliss-reactive ketones (excluding diaryl/α,β-unsaturated/α-hetero) is 1. The quantitative estimate of drug-likeness (QED) is 0.477. The number of imidazole rings is 1. The Labute approximate surface area is 138 Å². The number of hydrogen-bond donors (Lipinski definition) is 0. The van der Waals surface area contributed by atoms with E-state index in [0.29, 0.717) is 34.5 Å². The number of nitrogens with zero attached hydrogens (tertiary/aromatic N) is 2. The molecule has 122 valence electrons. The molecule has 1 aliphatic rings. The Bertz CT molecular complexity index is 780. The average Bonchev–Trinajstić information content (AvgIpc) is 2.86. The number of ether oxygens (including phenoxy) is 2. The van der Waals surface area contributed by atoms with E-state index in [1.165, 1.54) is 20.1 Å². The third kappa shape index (κ3) is 2.84. The number of carbonyl (C=O) groups is 2. The summed E-state index contributed by atoms with van der Waals surface area (Å²) >= 11 is 6.01. The van der Waals surface area contributed by atoms with Crippen molar-refractivity contribution in [3.63, 3.8) is 0 Å². The van der Waals surface area contributed by atoms with Gasteiger partial charge in [-0.1, -0.05) is 0 Å². The van der Waals surface area contributed by atoms with Crippen molar-refractivity contribution in [2.24, 2.45) is 0 Å². The molecule has 0 spiro atoms. The number of alkyl halides is 1. The molecule has 0 bridgehead atoms. The lowest BCUT2D eigenvalue weighted by molar-refractivity contribution is -0.0589. The van der Waals surface area contributed by atoms with E-state index in [-0.39, 0.29) is 17.8 Å². The second-order valence-electron chi connectivity index (χ2n) is 5.49. The Balaban J connectivity index is 2.21. The summed E-state index contributed by atoms with van der Waals surface area (Å²) in [5.41, 5.74) is 1.97. The second-order valence-corrected chi connectivity index (χ2v) is 5.76. The van der Waals surface area contributed by atoms with Crippen LogP contribution in [-0.4, -0.2) is 41.1 Å². The first-order chi connectivity index (χ1) is 11.0. The van der Waals surface area contributed by atoms with E-state index in [1.54, 1.807) is 6.07 Å². The summed E-state index contributed by atoms with van der Waals surface area (Å²) in [4.78, 5) is 28.3. The van der Waals surface area contributed by atoms with Crippen LogP contribution in [0.4, 0.5) is 0 Å². The van der Waals surface area contributed by atoms with Gasteiger partial charge in [-0.25, -0.2) is 9.78 Å². The number of esters is 1. The third-order valence-corrected chi connectivity index (χ3v) is 4.27. The predicted octanol–water partition coefficient (Wildman–Crippen LogP) is 2.55. The minimum Gasteiger partial charge on any atom is -0.465 e. The smallest absolute Gasteiger partial charge is 0.337 e. The molecule has 1 aromatic carbocycles. The maximum atomic E-state index is 12.0. The van der Waals surface area contributed by atoms with E-state index in [0.717, 1.165) is 13.0 Å². The van der Waals surface area contributed by atoms with Crippen LogP contribution in [0.2, 0.25) is 0 Å². The van der Waals surface area contributed by atoms with Crippen molar-refractivity contribution in [1.82, 2.24) is 9.55 Å². The first-order valence-corrected chi connectivity index (χ1v) is 7.88. The third-order valence-electron chi connectivity index (χ3n) is 4.03. The van der Waals surface area contributed by atoms with Crippen molar-refractivity contribution in [2.45, 2.75) is 31.9 Å². The van der Waals surface area contributed by atoms with Crippen LogP contribution in [0.3, 0.4) is 0 Å². The van der Waals surface area contributed by atoms with Gasteiger partial charge in [-0.05, 0) is 25.5 Å². The Morgan fingerprint density at radius 1 is 1.48 bits per heavy atom. The number of hydrogen-bond acceptors (Lipinski definition) is 5. The number of methoxy groups -OCH3 is 1. The fourth-order valence-corrected chi connectivity index (χ4v) is 2.92. The highest BCUT2D eigenvalue weighted by molar-refractivity contribution is 6.17. The minimum atomic E-state index is -0.491. The Morgan fingerprint density at radius 2 is 2.22 bits per heavy atom. The molecular formula is C16H17ClN2O4. The van der Waals surface area contributed by atoms with Crippen LogP contribution in [-0.2, 0) is 21.9 Å². The molecule has 2 heterocycles. The van der Waals surface area contributed by atoms with E-state index in [4.69, 9.17) is 21.1 Å². The lowest BCUT2D eigenvalue weighted by atomic mass is 10.1. The number of benzene rings is 1. The summed E-state index contributed by atoms with van der Waals surface area (Å²) in [6, 6.07) is 3.21. The molecule has 1 atom stereocenters. The standard InChI is InChI=1S/C16H17ClN2O4/c1-9(20)12-5-10(16(21)22-2)6-13-15(12)18-14(7-17)19(13)8-11-3-4-23-11/h5-6,11H,3-4,7-8H2,1-2H3/t11-/m0/s1. The lowest BCUT2D eigenvalue weighted by Crippen LogP contribution is -2.31. The lowest BCUT2D eigenvalue weighted by Gasteiger charge is -2.27. The van der Waals surface area contributed by atoms with Gasteiger partial charge in [0.15, 0.2) is 5.78 Å². The van der Waals surface area contributed by atoms with Gasteiger partial charge in [0.25, 0.3) is 0 Å². The number of halogens is 1. The summed E-state index contributed by atoms with van der Waals surface area (Å²) in [5.74, 6) is 0.217. The molecule has 0 aliphatic carbocycles. The fraction of sp³-hybridized carbons (Fsp3) is 0.438. The molecule has 3 rings (SSSR count). The molecule has 0 N–H and O–H groups in total. The van der Waals surface area contributed by atoms with Crippen LogP contribution in [0.5, 0.6) is 0 Å². The van der Waals surface area contributed by atoms with Gasteiger partial charge in [-0.2, -0.15) is 0 Å². The van der Waals surface area contributed by atoms with Crippen molar-refractivity contribution in [2.75, 3.05) is 13.7 Å². The molecule has 1 aromatic heterocycles. The van der Waals surface area contributed by atoms with Gasteiger partial charge in [0.1, 0.15) is 5.82 Å². The van der Waals surface area contributed by atoms with E-state index < -0.39 is 5.97 Å². The van der Waals surface area contributed by atoms with Crippen LogP contribution in [0, 0.1) is 0 Å². The normalized spacial score (nSPS) is 17.1. The zero-order chi connectivity index (χ0) is 16.6. The van der Waals surface area contributed by atoms with Crippen molar-refractivity contribution in [3.05, 3.63) is 29.1 Å². The molecule has 7 heteroatoms. The van der Waals surface area contributed by atoms with Crippen molar-refractivity contribution in [1.29, 1.82) is 0 Å². The van der Waals surface area contributed by atoms with Crippen LogP contribution in [0.1, 0.15) is 39.9 Å². The zero-order valence-electron chi connectivity index (χ0n) is 13.0. The minimum absolute atomic E-state index is 0.108. The number of carbonyl (C=O) groups excluding carboxylic acids is 2. The Hall–Kier alpha value is -1.92. The Morgan fingerprint density at radius 3 is 2.74 bits per heavy atom. The van der Waals surface area contributed by atoms with Gasteiger partial charge >= 0.3 is 5.97 Å². The summed E-state index contributed by atoms with van der Waals surface area (Å²) in [6.07, 6.45) is 1.08. The topological polar surface area (TPSA) is 70.4 Å². The van der Waals surface area contributed by atoms with Gasteiger partial charge in [0, 0.05) is 12.2 Å². The van der Waals surface area contributed by atoms with Gasteiger partial charge in [-0.15, -0.1) is 11.6 Å². The van der Waals surface area contributed by atoms with E-state index in [9.17, 15) is 9.59 Å². The molecule has 1 saturated heterocycles. The van der Waals surface area contributed by atoms with Crippen LogP contribution >= 0.6 is 11.6 Å². The van der Waals surface area contributed by atoms with E-state index in [2.05, 4.69) is 4.98 Å². The number of aromatic nitrogens is 2. The molecule has 0 amide bonds. The Kier molecular flexibility index (Phi) is 4.37. The number of rotatable bonds is 5. The molecule has 1 fully saturated rings. The molecular weight excluding hydrogens is 320 g/mol. The van der Waals surface area contributed by atoms with Crippen LogP contribution < -0.4 is 0 Å². The number of fused-ring (bicyclic) bond motifs is 1. The zero-order valence-corrected chi connectivity index (χ0v) is 13.7. The molecule has 0 saturated carbocycles. The largest absolute Gasteiger partial charge is 0.465 e. The summed E-state index contributed by atoms with van der Waals surface area (Å²) in [7, 11) is 1.31. The molecule has 1 aliphatic heterocycles. The highest BCUT2D eigenvalue weighted by Gasteiger charge is 2.24. The summed E-state index contributed by atoms with van der Waals surface area (Å²) < 4.78 is 12.2. The van der Waals surface area contributed by atoms with Gasteiger partial charge in [0.2, 0.25) is 0 Å². The SMILES string of the molecule is COC(=O)c1cc(C(C)=O)c2nc(CCl)n(C[C@@H]3CCO3)c2c1. The van der Waals surface area contributed by atoms with Crippen molar-refractivity contribution < 1.29 is 19.1 Å². The van der Waals surface area contributed by atoms with Crippen molar-refractivity contribution in [3.8, 4) is 0 Å². The average molecular weight is 337 g/mol. The second kappa shape index (κ2) is 6.29. The van der Waals surface area contributed by atoms with E-state index in [1.807, 2.05) is 4.57 Å². The molecule has 2 aromatic rings. The molecule has 0 radical (unpaired) electrons. The van der Waals surface area contributed by atoms with Crippen LogP contribution in [0.25, 0.3) is 11.0 Å². The number of ketones is 1. The highest BCUT2D eigenvalue weighted by atomic mass is 35.5. The maximum absolute atomic E-state index is 12.0. The summed E-state index contributed by atoms with van der Waals surface area (Å²) in [6.45, 7) is 2.80. The van der Waals surface area contributed by atoms with Gasteiger partial charge in [-0.3, -0.25) is 4.79 Å². The molecule has 23 heavy (non-hydrogen) atoms. The monoisotopic (exact) mass is 336 g/mol. The van der Waals surface area contributed by atoms with E-state index >= 15 is 0 Å². The van der Waals surface area contributed by atoms with Gasteiger partial charge in [0.05, 0.1) is 42.2 Å².